The Morgan fingerprint density at radius 1 is 1.47 bits per heavy atom. The maximum Gasteiger partial charge on any atom is 0.232 e. The van der Waals surface area contributed by atoms with Crippen molar-refractivity contribution >= 4 is 11.6 Å². The summed E-state index contributed by atoms with van der Waals surface area (Å²) in [5.41, 5.74) is 8.21. The van der Waals surface area contributed by atoms with Crippen molar-refractivity contribution in [2.24, 2.45) is 5.73 Å². The Bertz CT molecular complexity index is 443. The van der Waals surface area contributed by atoms with E-state index >= 15 is 0 Å². The van der Waals surface area contributed by atoms with Gasteiger partial charge in [-0.25, -0.2) is 0 Å². The van der Waals surface area contributed by atoms with Gasteiger partial charge in [0.25, 0.3) is 0 Å². The van der Waals surface area contributed by atoms with Crippen LogP contribution in [0, 0.1) is 0 Å². The highest BCUT2D eigenvalue weighted by atomic mass is 16.3. The molecule has 1 aromatic carbocycles. The highest BCUT2D eigenvalue weighted by Gasteiger charge is 2.33. The van der Waals surface area contributed by atoms with Gasteiger partial charge in [-0.3, -0.25) is 4.79 Å². The number of nitrogens with two attached hydrogens (primary N) is 1. The smallest absolute Gasteiger partial charge is 0.232 e. The number of anilines is 1. The number of rotatable bonds is 4. The van der Waals surface area contributed by atoms with Crippen molar-refractivity contribution in [3.8, 4) is 5.75 Å². The SMILES string of the molecule is CCCc1ccc(O)c2c1C(CCN)C(=O)N2. The molecule has 4 heteroatoms. The summed E-state index contributed by atoms with van der Waals surface area (Å²) in [5, 5.41) is 12.5. The first-order valence-corrected chi connectivity index (χ1v) is 6.04. The number of phenols is 1. The third kappa shape index (κ3) is 2.00. The lowest BCUT2D eigenvalue weighted by Gasteiger charge is -2.12. The van der Waals surface area contributed by atoms with Crippen LogP contribution in [0.5, 0.6) is 5.75 Å². The number of carbonyl (C=O) groups is 1. The first kappa shape index (κ1) is 11.9. The number of aromatic hydroxyl groups is 1. The minimum absolute atomic E-state index is 0.0516. The summed E-state index contributed by atoms with van der Waals surface area (Å²) in [7, 11) is 0. The summed E-state index contributed by atoms with van der Waals surface area (Å²) in [5.74, 6) is -0.110. The predicted octanol–water partition coefficient (Wildman–Crippen LogP) is 1.73. The fraction of sp³-hybridized carbons (Fsp3) is 0.462. The molecule has 1 aromatic rings. The number of nitrogens with one attached hydrogen (secondary N) is 1. The molecule has 17 heavy (non-hydrogen) atoms. The molecule has 1 unspecified atom stereocenters. The minimum Gasteiger partial charge on any atom is -0.506 e. The molecule has 0 fully saturated rings. The number of amides is 1. The van der Waals surface area contributed by atoms with Crippen LogP contribution in [-0.2, 0) is 11.2 Å². The molecular weight excluding hydrogens is 216 g/mol. The van der Waals surface area contributed by atoms with Gasteiger partial charge in [-0.1, -0.05) is 19.4 Å². The zero-order chi connectivity index (χ0) is 12.4. The molecular formula is C13H18N2O2. The van der Waals surface area contributed by atoms with Crippen molar-refractivity contribution in [2.45, 2.75) is 32.1 Å². The average Bonchev–Trinajstić information content (AvgIpc) is 2.63. The van der Waals surface area contributed by atoms with E-state index in [9.17, 15) is 9.90 Å². The van der Waals surface area contributed by atoms with Gasteiger partial charge >= 0.3 is 0 Å². The molecule has 2 rings (SSSR count). The van der Waals surface area contributed by atoms with E-state index in [1.807, 2.05) is 6.07 Å². The van der Waals surface area contributed by atoms with Crippen molar-refractivity contribution in [2.75, 3.05) is 11.9 Å². The van der Waals surface area contributed by atoms with E-state index in [-0.39, 0.29) is 17.6 Å². The third-order valence-corrected chi connectivity index (χ3v) is 3.20. The Morgan fingerprint density at radius 3 is 2.88 bits per heavy atom. The maximum atomic E-state index is 11.9. The average molecular weight is 234 g/mol. The molecule has 0 aliphatic carbocycles. The summed E-state index contributed by atoms with van der Waals surface area (Å²) in [6.07, 6.45) is 2.55. The number of benzene rings is 1. The highest BCUT2D eigenvalue weighted by molar-refractivity contribution is 6.04. The molecule has 0 saturated heterocycles. The van der Waals surface area contributed by atoms with Crippen LogP contribution in [0.3, 0.4) is 0 Å². The van der Waals surface area contributed by atoms with E-state index in [2.05, 4.69) is 12.2 Å². The van der Waals surface area contributed by atoms with E-state index in [4.69, 9.17) is 5.73 Å². The van der Waals surface area contributed by atoms with Crippen molar-refractivity contribution < 1.29 is 9.90 Å². The Labute approximate surface area is 101 Å². The monoisotopic (exact) mass is 234 g/mol. The van der Waals surface area contributed by atoms with Crippen LogP contribution in [0.4, 0.5) is 5.69 Å². The van der Waals surface area contributed by atoms with Crippen LogP contribution >= 0.6 is 0 Å². The Hall–Kier alpha value is -1.55. The Kier molecular flexibility index (Phi) is 3.33. The second kappa shape index (κ2) is 4.75. The molecule has 1 aliphatic heterocycles. The lowest BCUT2D eigenvalue weighted by atomic mass is 9.90. The van der Waals surface area contributed by atoms with Gasteiger partial charge in [0.15, 0.2) is 0 Å². The van der Waals surface area contributed by atoms with Gasteiger partial charge in [0.1, 0.15) is 5.75 Å². The topological polar surface area (TPSA) is 75.3 Å². The fourth-order valence-corrected chi connectivity index (χ4v) is 2.45. The second-order valence-corrected chi connectivity index (χ2v) is 4.40. The number of aryl methyl sites for hydroxylation is 1. The summed E-state index contributed by atoms with van der Waals surface area (Å²) >= 11 is 0. The van der Waals surface area contributed by atoms with Crippen LogP contribution in [0.2, 0.25) is 0 Å². The summed E-state index contributed by atoms with van der Waals surface area (Å²) < 4.78 is 0. The molecule has 92 valence electrons. The molecule has 4 N–H and O–H groups in total. The molecule has 1 amide bonds. The van der Waals surface area contributed by atoms with Crippen LogP contribution in [0.15, 0.2) is 12.1 Å². The fourth-order valence-electron chi connectivity index (χ4n) is 2.45. The van der Waals surface area contributed by atoms with E-state index in [0.717, 1.165) is 24.0 Å². The molecule has 1 atom stereocenters. The predicted molar refractivity (Wildman–Crippen MR) is 67.1 cm³/mol. The highest BCUT2D eigenvalue weighted by Crippen LogP contribution is 2.42. The quantitative estimate of drug-likeness (QED) is 0.694. The standard InChI is InChI=1S/C13H18N2O2/c1-2-3-8-4-5-10(16)12-11(8)9(6-7-14)13(17)15-12/h4-5,9,16H,2-3,6-7,14H2,1H3,(H,15,17). The van der Waals surface area contributed by atoms with Gasteiger partial charge in [0.05, 0.1) is 11.6 Å². The molecule has 1 heterocycles. The van der Waals surface area contributed by atoms with Crippen molar-refractivity contribution in [1.82, 2.24) is 0 Å². The number of carbonyl (C=O) groups excluding carboxylic acids is 1. The summed E-state index contributed by atoms with van der Waals surface area (Å²) in [6, 6.07) is 3.55. The molecule has 0 aromatic heterocycles. The zero-order valence-corrected chi connectivity index (χ0v) is 9.99. The molecule has 4 nitrogen and oxygen atoms in total. The van der Waals surface area contributed by atoms with Gasteiger partial charge in [-0.15, -0.1) is 0 Å². The van der Waals surface area contributed by atoms with E-state index in [1.54, 1.807) is 6.07 Å². The van der Waals surface area contributed by atoms with E-state index in [0.29, 0.717) is 18.7 Å². The molecule has 0 radical (unpaired) electrons. The number of hydrogen-bond donors (Lipinski definition) is 3. The minimum atomic E-state index is -0.205. The van der Waals surface area contributed by atoms with Crippen molar-refractivity contribution in [3.63, 3.8) is 0 Å². The second-order valence-electron chi connectivity index (χ2n) is 4.40. The maximum absolute atomic E-state index is 11.9. The van der Waals surface area contributed by atoms with Gasteiger partial charge in [0.2, 0.25) is 5.91 Å². The molecule has 0 spiro atoms. The third-order valence-electron chi connectivity index (χ3n) is 3.20. The van der Waals surface area contributed by atoms with Crippen LogP contribution in [0.1, 0.15) is 36.8 Å². The van der Waals surface area contributed by atoms with Crippen molar-refractivity contribution in [1.29, 1.82) is 0 Å². The zero-order valence-electron chi connectivity index (χ0n) is 9.99. The first-order valence-electron chi connectivity index (χ1n) is 6.04. The first-order chi connectivity index (χ1) is 8.19. The molecule has 1 aliphatic rings. The lowest BCUT2D eigenvalue weighted by molar-refractivity contribution is -0.117. The summed E-state index contributed by atoms with van der Waals surface area (Å²) in [4.78, 5) is 11.9. The Balaban J connectivity index is 2.48. The van der Waals surface area contributed by atoms with E-state index < -0.39 is 0 Å². The number of fused-ring (bicyclic) bond motifs is 1. The van der Waals surface area contributed by atoms with Gasteiger partial charge in [0, 0.05) is 0 Å². The molecule has 0 saturated carbocycles. The molecule has 0 bridgehead atoms. The number of phenolic OH excluding ortho intramolecular Hbond substituents is 1. The largest absolute Gasteiger partial charge is 0.506 e. The van der Waals surface area contributed by atoms with Crippen LogP contribution in [0.25, 0.3) is 0 Å². The normalized spacial score (nSPS) is 18.0. The van der Waals surface area contributed by atoms with E-state index in [1.165, 1.54) is 0 Å². The van der Waals surface area contributed by atoms with Gasteiger partial charge in [-0.05, 0) is 36.6 Å². The van der Waals surface area contributed by atoms with Crippen LogP contribution < -0.4 is 11.1 Å². The van der Waals surface area contributed by atoms with Gasteiger partial charge < -0.3 is 16.2 Å². The van der Waals surface area contributed by atoms with Gasteiger partial charge in [-0.2, -0.15) is 0 Å². The Morgan fingerprint density at radius 2 is 2.24 bits per heavy atom. The van der Waals surface area contributed by atoms with Crippen LogP contribution in [-0.4, -0.2) is 17.6 Å². The van der Waals surface area contributed by atoms with Crippen molar-refractivity contribution in [3.05, 3.63) is 23.3 Å². The number of hydrogen-bond acceptors (Lipinski definition) is 3. The lowest BCUT2D eigenvalue weighted by Crippen LogP contribution is -2.16. The summed E-state index contributed by atoms with van der Waals surface area (Å²) in [6.45, 7) is 2.57.